The van der Waals surface area contributed by atoms with Crippen molar-refractivity contribution >= 4 is 0 Å². The van der Waals surface area contributed by atoms with E-state index in [0.29, 0.717) is 13.1 Å². The van der Waals surface area contributed by atoms with Crippen LogP contribution in [0.1, 0.15) is 156 Å². The van der Waals surface area contributed by atoms with Gasteiger partial charge < -0.3 is 0 Å². The van der Waals surface area contributed by atoms with Crippen LogP contribution in [0.15, 0.2) is 10.2 Å². The molecule has 2 atom stereocenters. The van der Waals surface area contributed by atoms with E-state index in [1.807, 2.05) is 12.1 Å². The van der Waals surface area contributed by atoms with Crippen molar-refractivity contribution in [2.75, 3.05) is 26.3 Å². The topological polar surface area (TPSA) is 90.8 Å². The van der Waals surface area contributed by atoms with Crippen LogP contribution in [0.5, 0.6) is 0 Å². The number of nitriles is 2. The molecule has 0 amide bonds. The number of azo groups is 1. The zero-order valence-electron chi connectivity index (χ0n) is 25.7. The molecule has 0 spiro atoms. The van der Waals surface area contributed by atoms with Crippen LogP contribution in [-0.2, 0) is 9.78 Å². The maximum absolute atomic E-state index is 8.39. The van der Waals surface area contributed by atoms with E-state index in [9.17, 15) is 0 Å². The minimum absolute atomic E-state index is 0.0915. The van der Waals surface area contributed by atoms with Crippen molar-refractivity contribution in [2.45, 2.75) is 156 Å². The van der Waals surface area contributed by atoms with Crippen molar-refractivity contribution < 1.29 is 9.78 Å². The molecule has 0 aromatic rings. The number of hydrogen-bond acceptors (Lipinski definition) is 6. The average molecular weight is 535 g/mol. The van der Waals surface area contributed by atoms with Crippen LogP contribution < -0.4 is 0 Å². The minimum atomic E-state index is -0.0915. The molecule has 222 valence electrons. The molecule has 0 aliphatic rings. The molecule has 0 rings (SSSR count). The predicted octanol–water partition coefficient (Wildman–Crippen LogP) is 10.5. The standard InChI is InChI=1S/C24H50O2.C8H12N4/c1-3-5-7-9-11-13-15-17-19-21-23-25-26-24-22-20-18-16-14-12-10-8-6-4-2;1-7(3-9)5-11-12-6-8(2)4-10/h3-24H2,1-2H3;7-8H,5-6H2,1-2H3. The quantitative estimate of drug-likeness (QED) is 0.0453. The first-order chi connectivity index (χ1) is 18.6. The maximum Gasteiger partial charge on any atom is 0.0822 e. The molecular formula is C32H62N4O2. The summed E-state index contributed by atoms with van der Waals surface area (Å²) in [5, 5.41) is 24.3. The Hall–Kier alpha value is -1.50. The lowest BCUT2D eigenvalue weighted by atomic mass is 10.1. The second-order valence-corrected chi connectivity index (χ2v) is 10.7. The fourth-order valence-corrected chi connectivity index (χ4v) is 3.86. The van der Waals surface area contributed by atoms with Gasteiger partial charge in [0.1, 0.15) is 0 Å². The van der Waals surface area contributed by atoms with Gasteiger partial charge in [-0.05, 0) is 26.7 Å². The highest BCUT2D eigenvalue weighted by Gasteiger charge is 1.98. The largest absolute Gasteiger partial charge is 0.237 e. The van der Waals surface area contributed by atoms with Crippen LogP contribution in [-0.4, -0.2) is 26.3 Å². The van der Waals surface area contributed by atoms with E-state index in [-0.39, 0.29) is 11.8 Å². The second kappa shape index (κ2) is 35.5. The van der Waals surface area contributed by atoms with E-state index in [1.165, 1.54) is 116 Å². The Kier molecular flexibility index (Phi) is 36.1. The Morgan fingerprint density at radius 2 is 0.737 bits per heavy atom. The molecule has 0 heterocycles. The summed E-state index contributed by atoms with van der Waals surface area (Å²) in [7, 11) is 0. The van der Waals surface area contributed by atoms with E-state index in [4.69, 9.17) is 20.3 Å². The molecule has 0 aromatic carbocycles. The minimum Gasteiger partial charge on any atom is -0.237 e. The van der Waals surface area contributed by atoms with E-state index in [1.54, 1.807) is 13.8 Å². The molecule has 2 unspecified atom stereocenters. The van der Waals surface area contributed by atoms with Crippen molar-refractivity contribution in [3.8, 4) is 12.1 Å². The molecule has 0 radical (unpaired) electrons. The summed E-state index contributed by atoms with van der Waals surface area (Å²) in [6.07, 6.45) is 27.3. The summed E-state index contributed by atoms with van der Waals surface area (Å²) >= 11 is 0. The first kappa shape index (κ1) is 38.6. The molecule has 0 saturated heterocycles. The van der Waals surface area contributed by atoms with Gasteiger partial charge in [-0.3, -0.25) is 0 Å². The van der Waals surface area contributed by atoms with Gasteiger partial charge in [-0.15, -0.1) is 0 Å². The zero-order chi connectivity index (χ0) is 28.4. The Labute approximate surface area is 236 Å². The average Bonchev–Trinajstić information content (AvgIpc) is 2.93. The van der Waals surface area contributed by atoms with E-state index < -0.39 is 0 Å². The van der Waals surface area contributed by atoms with Gasteiger partial charge in [-0.25, -0.2) is 9.78 Å². The zero-order valence-corrected chi connectivity index (χ0v) is 25.7. The van der Waals surface area contributed by atoms with Crippen molar-refractivity contribution in [2.24, 2.45) is 22.1 Å². The monoisotopic (exact) mass is 534 g/mol. The summed E-state index contributed by atoms with van der Waals surface area (Å²) in [5.41, 5.74) is 0. The number of rotatable bonds is 27. The molecule has 0 bridgehead atoms. The molecular weight excluding hydrogens is 472 g/mol. The molecule has 0 aromatic heterocycles. The van der Waals surface area contributed by atoms with Crippen LogP contribution in [0.2, 0.25) is 0 Å². The van der Waals surface area contributed by atoms with Gasteiger partial charge in [0.25, 0.3) is 0 Å². The van der Waals surface area contributed by atoms with Crippen molar-refractivity contribution in [1.29, 1.82) is 10.5 Å². The lowest BCUT2D eigenvalue weighted by Gasteiger charge is -2.05. The third kappa shape index (κ3) is 36.7. The van der Waals surface area contributed by atoms with E-state index in [2.05, 4.69) is 24.1 Å². The van der Waals surface area contributed by atoms with E-state index in [0.717, 1.165) is 26.1 Å². The molecule has 6 nitrogen and oxygen atoms in total. The highest BCUT2D eigenvalue weighted by molar-refractivity contribution is 4.81. The van der Waals surface area contributed by atoms with Crippen LogP contribution in [0, 0.1) is 34.5 Å². The van der Waals surface area contributed by atoms with Crippen LogP contribution in [0.25, 0.3) is 0 Å². The Bertz CT molecular complexity index is 509. The fourth-order valence-electron chi connectivity index (χ4n) is 3.86. The second-order valence-electron chi connectivity index (χ2n) is 10.7. The summed E-state index contributed by atoms with van der Waals surface area (Å²) in [5.74, 6) is -0.183. The van der Waals surface area contributed by atoms with Crippen molar-refractivity contribution in [3.05, 3.63) is 0 Å². The smallest absolute Gasteiger partial charge is 0.0822 e. The summed E-state index contributed by atoms with van der Waals surface area (Å²) in [4.78, 5) is 10.6. The fraction of sp³-hybridized carbons (Fsp3) is 0.938. The van der Waals surface area contributed by atoms with Crippen LogP contribution in [0.3, 0.4) is 0 Å². The number of hydrogen-bond donors (Lipinski definition) is 0. The highest BCUT2D eigenvalue weighted by Crippen LogP contribution is 2.12. The Morgan fingerprint density at radius 3 is 1.00 bits per heavy atom. The summed E-state index contributed by atoms with van der Waals surface area (Å²) in [6.45, 7) is 10.5. The van der Waals surface area contributed by atoms with Crippen LogP contribution >= 0.6 is 0 Å². The molecule has 0 aliphatic heterocycles. The number of unbranched alkanes of at least 4 members (excludes halogenated alkanes) is 18. The van der Waals surface area contributed by atoms with Crippen LogP contribution in [0.4, 0.5) is 0 Å². The van der Waals surface area contributed by atoms with Crippen molar-refractivity contribution in [1.82, 2.24) is 0 Å². The predicted molar refractivity (Wildman–Crippen MR) is 160 cm³/mol. The summed E-state index contributed by atoms with van der Waals surface area (Å²) < 4.78 is 0. The molecule has 0 fully saturated rings. The maximum atomic E-state index is 8.39. The first-order valence-electron chi connectivity index (χ1n) is 16.0. The van der Waals surface area contributed by atoms with Gasteiger partial charge in [-0.2, -0.15) is 20.8 Å². The first-order valence-corrected chi connectivity index (χ1v) is 16.0. The lowest BCUT2D eigenvalue weighted by molar-refractivity contribution is -0.295. The SMILES string of the molecule is CC(C#N)CN=NCC(C)C#N.CCCCCCCCCCCCOOCCCCCCCCCCCC. The Balaban J connectivity index is 0. The van der Waals surface area contributed by atoms with Crippen molar-refractivity contribution in [3.63, 3.8) is 0 Å². The van der Waals surface area contributed by atoms with Gasteiger partial charge in [0.2, 0.25) is 0 Å². The molecule has 0 aliphatic carbocycles. The Morgan fingerprint density at radius 1 is 0.474 bits per heavy atom. The third-order valence-corrected chi connectivity index (χ3v) is 6.50. The van der Waals surface area contributed by atoms with Gasteiger partial charge in [0, 0.05) is 0 Å². The normalized spacial score (nSPS) is 12.5. The molecule has 0 saturated carbocycles. The highest BCUT2D eigenvalue weighted by atomic mass is 17.2. The van der Waals surface area contributed by atoms with Gasteiger partial charge >= 0.3 is 0 Å². The third-order valence-electron chi connectivity index (χ3n) is 6.50. The van der Waals surface area contributed by atoms with Gasteiger partial charge in [-0.1, -0.05) is 129 Å². The van der Waals surface area contributed by atoms with Gasteiger partial charge in [0.05, 0.1) is 50.3 Å². The molecule has 0 N–H and O–H groups in total. The molecule has 38 heavy (non-hydrogen) atoms. The van der Waals surface area contributed by atoms with E-state index >= 15 is 0 Å². The molecule has 6 heteroatoms. The van der Waals surface area contributed by atoms with Gasteiger partial charge in [0.15, 0.2) is 0 Å². The lowest BCUT2D eigenvalue weighted by Crippen LogP contribution is -1.99. The summed E-state index contributed by atoms with van der Waals surface area (Å²) in [6, 6.07) is 4.10. The number of nitrogens with zero attached hydrogens (tertiary/aromatic N) is 4.